The summed E-state index contributed by atoms with van der Waals surface area (Å²) in [5.41, 5.74) is 2.22. The molecular formula is C18H25NO2. The lowest BCUT2D eigenvalue weighted by Gasteiger charge is -2.25. The van der Waals surface area contributed by atoms with Gasteiger partial charge >= 0.3 is 0 Å². The summed E-state index contributed by atoms with van der Waals surface area (Å²) in [6.45, 7) is 6.40. The van der Waals surface area contributed by atoms with Gasteiger partial charge in [-0.2, -0.15) is 0 Å². The summed E-state index contributed by atoms with van der Waals surface area (Å²) in [4.78, 5) is 12.2. The predicted octanol–water partition coefficient (Wildman–Crippen LogP) is 2.72. The SMILES string of the molecule is Cc1ccc(C(C)(C)CC(=O)N[C@@H]2C=C[C@H](CO)C2)cc1. The van der Waals surface area contributed by atoms with Crippen LogP contribution in [0.15, 0.2) is 36.4 Å². The summed E-state index contributed by atoms with van der Waals surface area (Å²) in [6.07, 6.45) is 5.23. The first kappa shape index (κ1) is 15.8. The van der Waals surface area contributed by atoms with Gasteiger partial charge in [0.25, 0.3) is 0 Å². The Labute approximate surface area is 127 Å². The van der Waals surface area contributed by atoms with E-state index in [0.29, 0.717) is 6.42 Å². The number of amides is 1. The number of nitrogens with one attached hydrogen (secondary N) is 1. The fourth-order valence-electron chi connectivity index (χ4n) is 2.78. The van der Waals surface area contributed by atoms with Crippen molar-refractivity contribution in [2.75, 3.05) is 6.61 Å². The highest BCUT2D eigenvalue weighted by Gasteiger charge is 2.26. The minimum atomic E-state index is -0.184. The van der Waals surface area contributed by atoms with Gasteiger partial charge in [0.05, 0.1) is 0 Å². The Kier molecular flexibility index (Phi) is 4.84. The molecule has 1 aliphatic carbocycles. The molecule has 0 heterocycles. The molecule has 1 aromatic rings. The molecule has 0 radical (unpaired) electrons. The van der Waals surface area contributed by atoms with Gasteiger partial charge in [0.1, 0.15) is 0 Å². The zero-order valence-corrected chi connectivity index (χ0v) is 13.1. The number of carbonyl (C=O) groups excluding carboxylic acids is 1. The van der Waals surface area contributed by atoms with Crippen LogP contribution in [0, 0.1) is 12.8 Å². The molecule has 21 heavy (non-hydrogen) atoms. The van der Waals surface area contributed by atoms with Crippen molar-refractivity contribution in [1.29, 1.82) is 0 Å². The second kappa shape index (κ2) is 6.44. The van der Waals surface area contributed by atoms with Crippen molar-refractivity contribution in [1.82, 2.24) is 5.32 Å². The third-order valence-corrected chi connectivity index (χ3v) is 4.19. The standard InChI is InChI=1S/C18H25NO2/c1-13-4-7-15(8-5-13)18(2,3)11-17(21)19-16-9-6-14(10-16)12-20/h4-9,14,16,20H,10-12H2,1-3H3,(H,19,21)/t14-,16+/m0/s1. The van der Waals surface area contributed by atoms with Gasteiger partial charge in [0.2, 0.25) is 5.91 Å². The lowest BCUT2D eigenvalue weighted by molar-refractivity contribution is -0.122. The highest BCUT2D eigenvalue weighted by Crippen LogP contribution is 2.27. The number of benzene rings is 1. The number of carbonyl (C=O) groups is 1. The van der Waals surface area contributed by atoms with E-state index in [0.717, 1.165) is 6.42 Å². The number of aliphatic hydroxyl groups is 1. The van der Waals surface area contributed by atoms with Crippen LogP contribution in [0.2, 0.25) is 0 Å². The Balaban J connectivity index is 1.92. The molecular weight excluding hydrogens is 262 g/mol. The van der Waals surface area contributed by atoms with Crippen LogP contribution in [-0.4, -0.2) is 23.7 Å². The molecule has 0 saturated carbocycles. The molecule has 0 fully saturated rings. The molecule has 1 aliphatic rings. The van der Waals surface area contributed by atoms with Crippen LogP contribution in [0.3, 0.4) is 0 Å². The molecule has 2 N–H and O–H groups in total. The highest BCUT2D eigenvalue weighted by molar-refractivity contribution is 5.78. The Hall–Kier alpha value is -1.61. The molecule has 0 aliphatic heterocycles. The van der Waals surface area contributed by atoms with Gasteiger partial charge in [-0.05, 0) is 24.3 Å². The summed E-state index contributed by atoms with van der Waals surface area (Å²) < 4.78 is 0. The van der Waals surface area contributed by atoms with E-state index in [-0.39, 0.29) is 29.9 Å². The number of hydrogen-bond acceptors (Lipinski definition) is 2. The normalized spacial score (nSPS) is 21.5. The molecule has 0 aromatic heterocycles. The summed E-state index contributed by atoms with van der Waals surface area (Å²) in [7, 11) is 0. The Bertz CT molecular complexity index is 517. The average molecular weight is 287 g/mol. The smallest absolute Gasteiger partial charge is 0.221 e. The van der Waals surface area contributed by atoms with Crippen LogP contribution in [0.5, 0.6) is 0 Å². The van der Waals surface area contributed by atoms with Gasteiger partial charge in [-0.25, -0.2) is 0 Å². The molecule has 3 nitrogen and oxygen atoms in total. The van der Waals surface area contributed by atoms with Gasteiger partial charge in [-0.1, -0.05) is 55.8 Å². The Morgan fingerprint density at radius 1 is 1.29 bits per heavy atom. The summed E-state index contributed by atoms with van der Waals surface area (Å²) >= 11 is 0. The van der Waals surface area contributed by atoms with E-state index in [9.17, 15) is 4.79 Å². The minimum absolute atomic E-state index is 0.0588. The number of aryl methyl sites for hydroxylation is 1. The minimum Gasteiger partial charge on any atom is -0.396 e. The van der Waals surface area contributed by atoms with Gasteiger partial charge in [0.15, 0.2) is 0 Å². The molecule has 0 unspecified atom stereocenters. The number of rotatable bonds is 5. The summed E-state index contributed by atoms with van der Waals surface area (Å²) in [5, 5.41) is 12.2. The molecule has 0 saturated heterocycles. The van der Waals surface area contributed by atoms with Crippen LogP contribution in [0.25, 0.3) is 0 Å². The molecule has 0 bridgehead atoms. The van der Waals surface area contributed by atoms with Crippen LogP contribution in [0.1, 0.15) is 37.8 Å². The van der Waals surface area contributed by atoms with Crippen molar-refractivity contribution >= 4 is 5.91 Å². The maximum absolute atomic E-state index is 12.2. The van der Waals surface area contributed by atoms with E-state index in [2.05, 4.69) is 50.4 Å². The van der Waals surface area contributed by atoms with Crippen LogP contribution in [-0.2, 0) is 10.2 Å². The van der Waals surface area contributed by atoms with Gasteiger partial charge in [0, 0.05) is 25.0 Å². The molecule has 3 heteroatoms. The van der Waals surface area contributed by atoms with Crippen molar-refractivity contribution in [3.63, 3.8) is 0 Å². The van der Waals surface area contributed by atoms with Crippen molar-refractivity contribution in [2.24, 2.45) is 5.92 Å². The second-order valence-corrected chi connectivity index (χ2v) is 6.66. The zero-order valence-electron chi connectivity index (χ0n) is 13.1. The lowest BCUT2D eigenvalue weighted by Crippen LogP contribution is -2.36. The van der Waals surface area contributed by atoms with Crippen molar-refractivity contribution in [3.8, 4) is 0 Å². The number of hydrogen-bond donors (Lipinski definition) is 2. The van der Waals surface area contributed by atoms with Crippen LogP contribution >= 0.6 is 0 Å². The maximum Gasteiger partial charge on any atom is 0.221 e. The van der Waals surface area contributed by atoms with E-state index in [1.54, 1.807) is 0 Å². The van der Waals surface area contributed by atoms with Gasteiger partial charge in [-0.15, -0.1) is 0 Å². The fraction of sp³-hybridized carbons (Fsp3) is 0.500. The molecule has 2 rings (SSSR count). The Morgan fingerprint density at radius 3 is 2.52 bits per heavy atom. The quantitative estimate of drug-likeness (QED) is 0.818. The third kappa shape index (κ3) is 4.18. The molecule has 1 aromatic carbocycles. The van der Waals surface area contributed by atoms with Crippen molar-refractivity contribution in [2.45, 2.75) is 45.1 Å². The topological polar surface area (TPSA) is 49.3 Å². The lowest BCUT2D eigenvalue weighted by atomic mass is 9.81. The first-order chi connectivity index (χ1) is 9.90. The molecule has 114 valence electrons. The summed E-state index contributed by atoms with van der Waals surface area (Å²) in [6, 6.07) is 8.42. The van der Waals surface area contributed by atoms with Crippen molar-refractivity contribution < 1.29 is 9.90 Å². The van der Waals surface area contributed by atoms with E-state index < -0.39 is 0 Å². The largest absolute Gasteiger partial charge is 0.396 e. The maximum atomic E-state index is 12.2. The fourth-order valence-corrected chi connectivity index (χ4v) is 2.78. The molecule has 0 spiro atoms. The number of aliphatic hydroxyl groups excluding tert-OH is 1. The highest BCUT2D eigenvalue weighted by atomic mass is 16.3. The van der Waals surface area contributed by atoms with Gasteiger partial charge < -0.3 is 10.4 Å². The zero-order chi connectivity index (χ0) is 15.5. The van der Waals surface area contributed by atoms with Crippen LogP contribution in [0.4, 0.5) is 0 Å². The predicted molar refractivity (Wildman–Crippen MR) is 85.1 cm³/mol. The first-order valence-electron chi connectivity index (χ1n) is 7.56. The monoisotopic (exact) mass is 287 g/mol. The second-order valence-electron chi connectivity index (χ2n) is 6.66. The van der Waals surface area contributed by atoms with E-state index in [1.165, 1.54) is 11.1 Å². The van der Waals surface area contributed by atoms with E-state index >= 15 is 0 Å². The van der Waals surface area contributed by atoms with Gasteiger partial charge in [-0.3, -0.25) is 4.79 Å². The third-order valence-electron chi connectivity index (χ3n) is 4.19. The van der Waals surface area contributed by atoms with Crippen molar-refractivity contribution in [3.05, 3.63) is 47.5 Å². The average Bonchev–Trinajstić information content (AvgIpc) is 2.86. The molecule has 1 amide bonds. The Morgan fingerprint density at radius 2 is 1.95 bits per heavy atom. The summed E-state index contributed by atoms with van der Waals surface area (Å²) in [5.74, 6) is 0.245. The van der Waals surface area contributed by atoms with Crippen LogP contribution < -0.4 is 5.32 Å². The molecule has 2 atom stereocenters. The van der Waals surface area contributed by atoms with E-state index in [1.807, 2.05) is 12.2 Å². The first-order valence-corrected chi connectivity index (χ1v) is 7.56. The van der Waals surface area contributed by atoms with E-state index in [4.69, 9.17) is 5.11 Å².